The van der Waals surface area contributed by atoms with Crippen molar-refractivity contribution in [2.24, 2.45) is 0 Å². The van der Waals surface area contributed by atoms with E-state index in [0.717, 1.165) is 12.1 Å². The maximum Gasteiger partial charge on any atom is 0.311 e. The smallest absolute Gasteiger partial charge is 0.311 e. The molecule has 0 bridgehead atoms. The van der Waals surface area contributed by atoms with Crippen LogP contribution in [-0.2, 0) is 16.0 Å². The fraction of sp³-hybridized carbons (Fsp3) is 0.294. The van der Waals surface area contributed by atoms with Crippen LogP contribution in [0.15, 0.2) is 28.9 Å². The average Bonchev–Trinajstić information content (AvgIpc) is 2.89. The van der Waals surface area contributed by atoms with Crippen molar-refractivity contribution in [2.45, 2.75) is 19.4 Å². The van der Waals surface area contributed by atoms with Gasteiger partial charge in [0.15, 0.2) is 11.6 Å². The number of carboxylic acid groups (broad SMARTS) is 1. The molecule has 0 aliphatic heterocycles. The number of carbonyl (C=O) groups is 2. The fourth-order valence-electron chi connectivity index (χ4n) is 2.42. The van der Waals surface area contributed by atoms with Crippen molar-refractivity contribution in [1.29, 1.82) is 0 Å². The van der Waals surface area contributed by atoms with Gasteiger partial charge in [-0.1, -0.05) is 6.07 Å². The van der Waals surface area contributed by atoms with E-state index in [4.69, 9.17) is 14.3 Å². The number of hydrogen-bond acceptors (Lipinski definition) is 4. The first kappa shape index (κ1) is 18.6. The number of hydrogen-bond donors (Lipinski definition) is 2. The number of benzene rings is 1. The third-order valence-corrected chi connectivity index (χ3v) is 3.57. The predicted molar refractivity (Wildman–Crippen MR) is 83.2 cm³/mol. The number of aryl methyl sites for hydroxylation is 1. The molecule has 2 N–H and O–H groups in total. The number of furan rings is 1. The number of amides is 1. The van der Waals surface area contributed by atoms with Crippen molar-refractivity contribution < 1.29 is 32.6 Å². The van der Waals surface area contributed by atoms with Gasteiger partial charge >= 0.3 is 5.97 Å². The lowest BCUT2D eigenvalue weighted by Crippen LogP contribution is -2.32. The Morgan fingerprint density at radius 3 is 2.64 bits per heavy atom. The quantitative estimate of drug-likeness (QED) is 0.799. The highest BCUT2D eigenvalue weighted by Crippen LogP contribution is 2.21. The topological polar surface area (TPSA) is 88.8 Å². The number of carbonyl (C=O) groups excluding carboxylic acids is 1. The summed E-state index contributed by atoms with van der Waals surface area (Å²) in [6.07, 6.45) is 0.840. The van der Waals surface area contributed by atoms with Gasteiger partial charge in [0.25, 0.3) is 5.91 Å². The SMILES string of the molecule is COCC(NC(=O)c1c(C)coc1CC(=O)O)c1ccc(F)c(F)c1. The number of rotatable bonds is 7. The third kappa shape index (κ3) is 4.42. The minimum Gasteiger partial charge on any atom is -0.481 e. The zero-order chi connectivity index (χ0) is 18.6. The predicted octanol–water partition coefficient (Wildman–Crippen LogP) is 2.61. The van der Waals surface area contributed by atoms with Crippen LogP contribution in [0.1, 0.15) is 33.3 Å². The van der Waals surface area contributed by atoms with Gasteiger partial charge in [-0.05, 0) is 24.6 Å². The molecule has 2 rings (SSSR count). The van der Waals surface area contributed by atoms with Crippen LogP contribution in [0, 0.1) is 18.6 Å². The van der Waals surface area contributed by atoms with Gasteiger partial charge in [-0.15, -0.1) is 0 Å². The Labute approximate surface area is 142 Å². The molecule has 1 amide bonds. The number of nitrogens with one attached hydrogen (secondary N) is 1. The molecule has 0 radical (unpaired) electrons. The molecular formula is C17H17F2NO5. The molecule has 6 nitrogen and oxygen atoms in total. The lowest BCUT2D eigenvalue weighted by atomic mass is 10.0. The van der Waals surface area contributed by atoms with Gasteiger partial charge in [0.2, 0.25) is 0 Å². The molecule has 8 heteroatoms. The van der Waals surface area contributed by atoms with Crippen molar-refractivity contribution >= 4 is 11.9 Å². The van der Waals surface area contributed by atoms with E-state index in [0.29, 0.717) is 11.1 Å². The molecule has 0 aliphatic rings. The summed E-state index contributed by atoms with van der Waals surface area (Å²) in [5, 5.41) is 11.5. The Morgan fingerprint density at radius 2 is 2.04 bits per heavy atom. The Kier molecular flexibility index (Phi) is 5.87. The molecule has 1 atom stereocenters. The molecule has 1 aromatic heterocycles. The number of aliphatic carboxylic acids is 1. The molecule has 2 aromatic rings. The van der Waals surface area contributed by atoms with Crippen molar-refractivity contribution in [2.75, 3.05) is 13.7 Å². The van der Waals surface area contributed by atoms with Crippen LogP contribution >= 0.6 is 0 Å². The zero-order valence-corrected chi connectivity index (χ0v) is 13.6. The average molecular weight is 353 g/mol. The molecule has 0 saturated heterocycles. The number of ether oxygens (including phenoxy) is 1. The van der Waals surface area contributed by atoms with Crippen LogP contribution in [0.5, 0.6) is 0 Å². The van der Waals surface area contributed by atoms with Crippen LogP contribution < -0.4 is 5.32 Å². The minimum atomic E-state index is -1.14. The van der Waals surface area contributed by atoms with E-state index in [1.165, 1.54) is 19.4 Å². The molecule has 1 aromatic carbocycles. The molecule has 0 spiro atoms. The molecule has 1 heterocycles. The van der Waals surface area contributed by atoms with Crippen molar-refractivity contribution in [3.8, 4) is 0 Å². The van der Waals surface area contributed by atoms with E-state index >= 15 is 0 Å². The van der Waals surface area contributed by atoms with Gasteiger partial charge in [-0.2, -0.15) is 0 Å². The molecule has 25 heavy (non-hydrogen) atoms. The molecule has 1 unspecified atom stereocenters. The van der Waals surface area contributed by atoms with Gasteiger partial charge in [0, 0.05) is 12.7 Å². The third-order valence-electron chi connectivity index (χ3n) is 3.57. The molecule has 0 saturated carbocycles. The summed E-state index contributed by atoms with van der Waals surface area (Å²) in [4.78, 5) is 23.4. The van der Waals surface area contributed by atoms with Gasteiger partial charge < -0.3 is 19.6 Å². The van der Waals surface area contributed by atoms with Crippen LogP contribution in [0.3, 0.4) is 0 Å². The Balaban J connectivity index is 2.27. The highest BCUT2D eigenvalue weighted by atomic mass is 19.2. The lowest BCUT2D eigenvalue weighted by molar-refractivity contribution is -0.136. The van der Waals surface area contributed by atoms with E-state index in [1.54, 1.807) is 6.92 Å². The number of halogens is 2. The molecular weight excluding hydrogens is 336 g/mol. The first-order chi connectivity index (χ1) is 11.8. The van der Waals surface area contributed by atoms with Crippen LogP contribution in [-0.4, -0.2) is 30.7 Å². The Morgan fingerprint density at radius 1 is 1.32 bits per heavy atom. The van der Waals surface area contributed by atoms with Crippen molar-refractivity contribution in [1.82, 2.24) is 5.32 Å². The molecule has 134 valence electrons. The number of methoxy groups -OCH3 is 1. The minimum absolute atomic E-state index is 0.0158. The Bertz CT molecular complexity index is 787. The van der Waals surface area contributed by atoms with Crippen molar-refractivity contribution in [3.05, 3.63) is 58.5 Å². The van der Waals surface area contributed by atoms with Crippen LogP contribution in [0.25, 0.3) is 0 Å². The van der Waals surface area contributed by atoms with E-state index < -0.39 is 36.0 Å². The molecule has 0 fully saturated rings. The lowest BCUT2D eigenvalue weighted by Gasteiger charge is -2.19. The second-order valence-corrected chi connectivity index (χ2v) is 5.44. The van der Waals surface area contributed by atoms with E-state index in [1.807, 2.05) is 0 Å². The fourth-order valence-corrected chi connectivity index (χ4v) is 2.42. The summed E-state index contributed by atoms with van der Waals surface area (Å²) in [6, 6.07) is 2.51. The zero-order valence-electron chi connectivity index (χ0n) is 13.6. The van der Waals surface area contributed by atoms with Crippen molar-refractivity contribution in [3.63, 3.8) is 0 Å². The van der Waals surface area contributed by atoms with Gasteiger partial charge in [0.05, 0.1) is 24.5 Å². The standard InChI is InChI=1S/C17H17F2NO5/c1-9-7-25-14(6-15(21)22)16(9)17(23)20-13(8-24-2)10-3-4-11(18)12(19)5-10/h3-5,7,13H,6,8H2,1-2H3,(H,20,23)(H,21,22). The summed E-state index contributed by atoms with van der Waals surface area (Å²) in [5.41, 5.74) is 0.885. The largest absolute Gasteiger partial charge is 0.481 e. The van der Waals surface area contributed by atoms with Gasteiger partial charge in [-0.3, -0.25) is 9.59 Å². The Hall–Kier alpha value is -2.74. The second-order valence-electron chi connectivity index (χ2n) is 5.44. The summed E-state index contributed by atoms with van der Waals surface area (Å²) in [5.74, 6) is -3.75. The van der Waals surface area contributed by atoms with Gasteiger partial charge in [0.1, 0.15) is 12.2 Å². The van der Waals surface area contributed by atoms with Gasteiger partial charge in [-0.25, -0.2) is 8.78 Å². The monoisotopic (exact) mass is 353 g/mol. The van der Waals surface area contributed by atoms with Crippen LogP contribution in [0.4, 0.5) is 8.78 Å². The van der Waals surface area contributed by atoms with E-state index in [2.05, 4.69) is 5.32 Å². The maximum absolute atomic E-state index is 13.5. The normalized spacial score (nSPS) is 12.0. The number of carboxylic acids is 1. The first-order valence-electron chi connectivity index (χ1n) is 7.37. The van der Waals surface area contributed by atoms with E-state index in [-0.39, 0.29) is 17.9 Å². The summed E-state index contributed by atoms with van der Waals surface area (Å²) in [6.45, 7) is 1.62. The summed E-state index contributed by atoms with van der Waals surface area (Å²) in [7, 11) is 1.40. The van der Waals surface area contributed by atoms with E-state index in [9.17, 15) is 18.4 Å². The maximum atomic E-state index is 13.5. The summed E-state index contributed by atoms with van der Waals surface area (Å²) >= 11 is 0. The summed E-state index contributed by atoms with van der Waals surface area (Å²) < 4.78 is 36.7. The highest BCUT2D eigenvalue weighted by molar-refractivity contribution is 5.97. The highest BCUT2D eigenvalue weighted by Gasteiger charge is 2.24. The van der Waals surface area contributed by atoms with Crippen LogP contribution in [0.2, 0.25) is 0 Å². The molecule has 0 aliphatic carbocycles. The second kappa shape index (κ2) is 7.89. The first-order valence-corrected chi connectivity index (χ1v) is 7.37.